The molecule has 0 spiro atoms. The van der Waals surface area contributed by atoms with E-state index in [9.17, 15) is 0 Å². The number of anilines is 1. The van der Waals surface area contributed by atoms with E-state index in [4.69, 9.17) is 9.97 Å². The minimum atomic E-state index is 0.282. The Morgan fingerprint density at radius 3 is 2.26 bits per heavy atom. The van der Waals surface area contributed by atoms with Crippen LogP contribution in [0.25, 0.3) is 0 Å². The minimum absolute atomic E-state index is 0.282. The highest BCUT2D eigenvalue weighted by Gasteiger charge is 2.24. The van der Waals surface area contributed by atoms with Crippen LogP contribution in [0.1, 0.15) is 63.0 Å². The van der Waals surface area contributed by atoms with E-state index < -0.39 is 0 Å². The lowest BCUT2D eigenvalue weighted by Gasteiger charge is -2.25. The normalized spacial score (nSPS) is 19.2. The van der Waals surface area contributed by atoms with Crippen LogP contribution in [0.5, 0.6) is 0 Å². The van der Waals surface area contributed by atoms with E-state index in [1.165, 1.54) is 38.5 Å². The number of hydrogen-bond donors (Lipinski definition) is 0. The molecule has 2 aliphatic rings. The predicted octanol–water partition coefficient (Wildman–Crippen LogP) is 3.81. The molecule has 23 heavy (non-hydrogen) atoms. The molecule has 4 heteroatoms. The zero-order valence-corrected chi connectivity index (χ0v) is 15.3. The fraction of sp³-hybridized carbons (Fsp3) is 0.789. The number of hydrogen-bond acceptors (Lipinski definition) is 4. The van der Waals surface area contributed by atoms with Crippen molar-refractivity contribution in [3.63, 3.8) is 0 Å². The predicted molar refractivity (Wildman–Crippen MR) is 95.8 cm³/mol. The molecule has 0 aromatic carbocycles. The molecular formula is C19H32N4. The summed E-state index contributed by atoms with van der Waals surface area (Å²) in [5, 5.41) is 0. The molecule has 1 aromatic heterocycles. The molecule has 0 saturated heterocycles. The first-order valence-electron chi connectivity index (χ1n) is 9.30. The van der Waals surface area contributed by atoms with Crippen LogP contribution in [0, 0.1) is 18.8 Å². The van der Waals surface area contributed by atoms with E-state index in [-0.39, 0.29) is 6.04 Å². The van der Waals surface area contributed by atoms with Crippen molar-refractivity contribution >= 4 is 5.82 Å². The Labute approximate surface area is 141 Å². The molecule has 2 aliphatic carbocycles. The van der Waals surface area contributed by atoms with Gasteiger partial charge in [-0.25, -0.2) is 9.97 Å². The molecule has 4 nitrogen and oxygen atoms in total. The third-order valence-corrected chi connectivity index (χ3v) is 5.44. The van der Waals surface area contributed by atoms with Crippen molar-refractivity contribution in [3.05, 3.63) is 17.6 Å². The van der Waals surface area contributed by atoms with Crippen LogP contribution in [0.15, 0.2) is 6.07 Å². The summed E-state index contributed by atoms with van der Waals surface area (Å²) >= 11 is 0. The van der Waals surface area contributed by atoms with Crippen LogP contribution in [-0.2, 0) is 0 Å². The van der Waals surface area contributed by atoms with Gasteiger partial charge >= 0.3 is 0 Å². The van der Waals surface area contributed by atoms with Crippen molar-refractivity contribution in [2.75, 3.05) is 32.1 Å². The zero-order valence-electron chi connectivity index (χ0n) is 15.3. The Kier molecular flexibility index (Phi) is 5.20. The largest absolute Gasteiger partial charge is 0.360 e. The Balaban J connectivity index is 1.62. The van der Waals surface area contributed by atoms with E-state index in [0.29, 0.717) is 0 Å². The van der Waals surface area contributed by atoms with E-state index in [1.54, 1.807) is 0 Å². The van der Waals surface area contributed by atoms with Crippen LogP contribution in [0.3, 0.4) is 0 Å². The summed E-state index contributed by atoms with van der Waals surface area (Å²) in [5.74, 6) is 3.99. The highest BCUT2D eigenvalue weighted by Crippen LogP contribution is 2.33. The SMILES string of the molecule is Cc1cc(N(C)CCC2CC2)nc(C(C)N(C)CCC2CC2)n1. The van der Waals surface area contributed by atoms with Crippen molar-refractivity contribution in [1.29, 1.82) is 0 Å². The van der Waals surface area contributed by atoms with Gasteiger partial charge in [0.25, 0.3) is 0 Å². The van der Waals surface area contributed by atoms with Gasteiger partial charge in [0, 0.05) is 25.4 Å². The average Bonchev–Trinajstić information content (AvgIpc) is 3.43. The maximum atomic E-state index is 4.87. The smallest absolute Gasteiger partial charge is 0.147 e. The van der Waals surface area contributed by atoms with Gasteiger partial charge in [0.05, 0.1) is 6.04 Å². The first-order chi connectivity index (χ1) is 11.0. The minimum Gasteiger partial charge on any atom is -0.360 e. The number of aromatic nitrogens is 2. The lowest BCUT2D eigenvalue weighted by atomic mass is 10.2. The second kappa shape index (κ2) is 7.16. The van der Waals surface area contributed by atoms with Crippen molar-refractivity contribution in [2.24, 2.45) is 11.8 Å². The molecule has 1 atom stereocenters. The van der Waals surface area contributed by atoms with Crippen molar-refractivity contribution in [1.82, 2.24) is 14.9 Å². The second-order valence-corrected chi connectivity index (χ2v) is 7.77. The molecule has 0 radical (unpaired) electrons. The van der Waals surface area contributed by atoms with Gasteiger partial charge in [0.1, 0.15) is 11.6 Å². The molecule has 0 bridgehead atoms. The number of rotatable bonds is 9. The summed E-state index contributed by atoms with van der Waals surface area (Å²) in [4.78, 5) is 14.3. The van der Waals surface area contributed by atoms with Crippen molar-refractivity contribution < 1.29 is 0 Å². The van der Waals surface area contributed by atoms with Gasteiger partial charge in [-0.1, -0.05) is 25.7 Å². The monoisotopic (exact) mass is 316 g/mol. The van der Waals surface area contributed by atoms with Crippen LogP contribution < -0.4 is 4.90 Å². The second-order valence-electron chi connectivity index (χ2n) is 7.77. The summed E-state index contributed by atoms with van der Waals surface area (Å²) in [7, 11) is 4.37. The lowest BCUT2D eigenvalue weighted by molar-refractivity contribution is 0.244. The molecule has 1 unspecified atom stereocenters. The highest BCUT2D eigenvalue weighted by atomic mass is 15.2. The first-order valence-corrected chi connectivity index (χ1v) is 9.30. The van der Waals surface area contributed by atoms with Crippen LogP contribution >= 0.6 is 0 Å². The van der Waals surface area contributed by atoms with E-state index in [2.05, 4.69) is 43.8 Å². The molecule has 0 aliphatic heterocycles. The van der Waals surface area contributed by atoms with Crippen LogP contribution in [0.4, 0.5) is 5.82 Å². The Hall–Kier alpha value is -1.16. The third kappa shape index (κ3) is 4.90. The Morgan fingerprint density at radius 1 is 1.04 bits per heavy atom. The summed E-state index contributed by atoms with van der Waals surface area (Å²) in [6.45, 7) is 6.57. The standard InChI is InChI=1S/C19H32N4/c1-14-13-18(23(4)12-10-17-7-8-17)21-19(20-14)15(2)22(3)11-9-16-5-6-16/h13,15-17H,5-12H2,1-4H3. The highest BCUT2D eigenvalue weighted by molar-refractivity contribution is 5.39. The maximum Gasteiger partial charge on any atom is 0.147 e. The van der Waals surface area contributed by atoms with Crippen molar-refractivity contribution in [2.45, 2.75) is 58.4 Å². The Bertz CT molecular complexity index is 522. The van der Waals surface area contributed by atoms with E-state index in [1.807, 2.05) is 0 Å². The quantitative estimate of drug-likeness (QED) is 0.693. The third-order valence-electron chi connectivity index (χ3n) is 5.44. The lowest BCUT2D eigenvalue weighted by Crippen LogP contribution is -2.27. The molecule has 3 rings (SSSR count). The molecular weight excluding hydrogens is 284 g/mol. The molecule has 1 aromatic rings. The van der Waals surface area contributed by atoms with E-state index >= 15 is 0 Å². The summed E-state index contributed by atoms with van der Waals surface area (Å²) in [6, 6.07) is 2.40. The molecule has 1 heterocycles. The van der Waals surface area contributed by atoms with Gasteiger partial charge in [0.2, 0.25) is 0 Å². The van der Waals surface area contributed by atoms with Crippen molar-refractivity contribution in [3.8, 4) is 0 Å². The molecule has 0 N–H and O–H groups in total. The molecule has 128 valence electrons. The number of aryl methyl sites for hydroxylation is 1. The summed E-state index contributed by atoms with van der Waals surface area (Å²) in [5.41, 5.74) is 1.07. The van der Waals surface area contributed by atoms with Gasteiger partial charge in [0.15, 0.2) is 0 Å². The van der Waals surface area contributed by atoms with Gasteiger partial charge in [-0.05, 0) is 52.1 Å². The average molecular weight is 316 g/mol. The molecule has 0 amide bonds. The van der Waals surface area contributed by atoms with Gasteiger partial charge in [-0.2, -0.15) is 0 Å². The maximum absolute atomic E-state index is 4.87. The fourth-order valence-electron chi connectivity index (χ4n) is 3.04. The summed E-state index contributed by atoms with van der Waals surface area (Å²) in [6.07, 6.45) is 8.32. The van der Waals surface area contributed by atoms with Gasteiger partial charge in [-0.15, -0.1) is 0 Å². The summed E-state index contributed by atoms with van der Waals surface area (Å²) < 4.78 is 0. The molecule has 2 fully saturated rings. The molecule has 2 saturated carbocycles. The van der Waals surface area contributed by atoms with E-state index in [0.717, 1.165) is 42.3 Å². The van der Waals surface area contributed by atoms with Gasteiger partial charge < -0.3 is 4.90 Å². The van der Waals surface area contributed by atoms with Crippen LogP contribution in [0.2, 0.25) is 0 Å². The van der Waals surface area contributed by atoms with Gasteiger partial charge in [-0.3, -0.25) is 4.90 Å². The first kappa shape index (κ1) is 16.7. The van der Waals surface area contributed by atoms with Crippen LogP contribution in [-0.4, -0.2) is 42.1 Å². The topological polar surface area (TPSA) is 32.3 Å². The fourth-order valence-corrected chi connectivity index (χ4v) is 3.04. The zero-order chi connectivity index (χ0) is 16.4. The number of nitrogens with zero attached hydrogens (tertiary/aromatic N) is 4. The Morgan fingerprint density at radius 2 is 1.65 bits per heavy atom.